The maximum atomic E-state index is 13.0. The number of hydrogen-bond donors (Lipinski definition) is 1. The van der Waals surface area contributed by atoms with Crippen molar-refractivity contribution in [2.24, 2.45) is 0 Å². The number of nitrogens with one attached hydrogen (secondary N) is 1. The van der Waals surface area contributed by atoms with Gasteiger partial charge in [0.1, 0.15) is 12.4 Å². The first-order chi connectivity index (χ1) is 13.5. The number of rotatable bonds is 7. The quantitative estimate of drug-likeness (QED) is 0.671. The lowest BCUT2D eigenvalue weighted by Crippen LogP contribution is -2.30. The molecule has 1 aromatic heterocycles. The number of ether oxygens (including phenoxy) is 2. The largest absolute Gasteiger partial charge is 0.493 e. The first-order valence-corrected chi connectivity index (χ1v) is 8.55. The van der Waals surface area contributed by atoms with E-state index in [0.717, 1.165) is 5.56 Å². The van der Waals surface area contributed by atoms with Gasteiger partial charge in [0.15, 0.2) is 11.5 Å². The van der Waals surface area contributed by atoms with Gasteiger partial charge in [-0.1, -0.05) is 12.1 Å². The molecule has 8 nitrogen and oxygen atoms in total. The van der Waals surface area contributed by atoms with E-state index >= 15 is 0 Å². The van der Waals surface area contributed by atoms with E-state index in [1.54, 1.807) is 44.6 Å². The first kappa shape index (κ1) is 19.3. The third-order valence-corrected chi connectivity index (χ3v) is 4.13. The van der Waals surface area contributed by atoms with E-state index in [1.165, 1.54) is 16.9 Å². The molecule has 1 atom stereocenters. The Bertz CT molecular complexity index is 958. The van der Waals surface area contributed by atoms with Gasteiger partial charge in [0.2, 0.25) is 11.7 Å². The van der Waals surface area contributed by atoms with Crippen LogP contribution in [0.15, 0.2) is 42.5 Å². The minimum absolute atomic E-state index is 0.0914. The molecule has 1 amide bonds. The summed E-state index contributed by atoms with van der Waals surface area (Å²) in [6.07, 6.45) is 0. The molecule has 1 heterocycles. The average molecular weight is 385 g/mol. The second-order valence-corrected chi connectivity index (χ2v) is 6.05. The Balaban J connectivity index is 1.65. The van der Waals surface area contributed by atoms with Crippen molar-refractivity contribution in [2.75, 3.05) is 14.2 Å². The number of carbonyl (C=O) groups is 1. The molecular formula is C19H20FN5O3. The van der Waals surface area contributed by atoms with Crippen molar-refractivity contribution in [3.8, 4) is 22.9 Å². The van der Waals surface area contributed by atoms with Crippen molar-refractivity contribution in [2.45, 2.75) is 19.5 Å². The minimum atomic E-state index is -0.322. The molecule has 0 aliphatic heterocycles. The van der Waals surface area contributed by atoms with Crippen molar-refractivity contribution in [1.82, 2.24) is 25.5 Å². The van der Waals surface area contributed by atoms with Gasteiger partial charge in [-0.25, -0.2) is 4.39 Å². The van der Waals surface area contributed by atoms with Gasteiger partial charge in [-0.3, -0.25) is 4.79 Å². The third-order valence-electron chi connectivity index (χ3n) is 4.13. The zero-order valence-corrected chi connectivity index (χ0v) is 15.7. The van der Waals surface area contributed by atoms with Crippen LogP contribution in [0.3, 0.4) is 0 Å². The second-order valence-electron chi connectivity index (χ2n) is 6.05. The monoisotopic (exact) mass is 385 g/mol. The molecule has 0 aliphatic rings. The Morgan fingerprint density at radius 1 is 1.14 bits per heavy atom. The van der Waals surface area contributed by atoms with Crippen molar-refractivity contribution in [3.63, 3.8) is 0 Å². The molecular weight excluding hydrogens is 365 g/mol. The zero-order valence-electron chi connectivity index (χ0n) is 15.7. The van der Waals surface area contributed by atoms with Gasteiger partial charge in [-0.2, -0.15) is 4.80 Å². The summed E-state index contributed by atoms with van der Waals surface area (Å²) in [4.78, 5) is 13.4. The molecule has 0 spiro atoms. The number of methoxy groups -OCH3 is 2. The molecule has 1 N–H and O–H groups in total. The van der Waals surface area contributed by atoms with Gasteiger partial charge in [-0.05, 0) is 48.0 Å². The van der Waals surface area contributed by atoms with E-state index in [4.69, 9.17) is 9.47 Å². The normalized spacial score (nSPS) is 11.7. The van der Waals surface area contributed by atoms with E-state index in [1.807, 2.05) is 6.92 Å². The lowest BCUT2D eigenvalue weighted by Gasteiger charge is -2.13. The van der Waals surface area contributed by atoms with Crippen LogP contribution in [0.25, 0.3) is 11.4 Å². The molecule has 0 saturated carbocycles. The summed E-state index contributed by atoms with van der Waals surface area (Å²) in [5.41, 5.74) is 1.48. The fraction of sp³-hybridized carbons (Fsp3) is 0.263. The molecule has 1 unspecified atom stereocenters. The average Bonchev–Trinajstić information content (AvgIpc) is 3.16. The lowest BCUT2D eigenvalue weighted by atomic mass is 10.1. The standard InChI is InChI=1S/C19H20FN5O3/c1-12(13-4-7-15(20)8-5-13)21-18(26)11-25-23-19(22-24-25)14-6-9-16(27-2)17(10-14)28-3/h4-10,12H,11H2,1-3H3,(H,21,26). The predicted molar refractivity (Wildman–Crippen MR) is 99.3 cm³/mol. The molecule has 3 rings (SSSR count). The number of halogens is 1. The smallest absolute Gasteiger partial charge is 0.244 e. The van der Waals surface area contributed by atoms with Gasteiger partial charge in [0, 0.05) is 5.56 Å². The van der Waals surface area contributed by atoms with Crippen molar-refractivity contribution in [3.05, 3.63) is 53.8 Å². The van der Waals surface area contributed by atoms with Crippen LogP contribution in [0, 0.1) is 5.82 Å². The van der Waals surface area contributed by atoms with Crippen LogP contribution in [-0.4, -0.2) is 40.3 Å². The molecule has 9 heteroatoms. The summed E-state index contributed by atoms with van der Waals surface area (Å²) in [6, 6.07) is 10.9. The van der Waals surface area contributed by atoms with Crippen LogP contribution in [0.5, 0.6) is 11.5 Å². The SMILES string of the molecule is COc1ccc(-c2nnn(CC(=O)NC(C)c3ccc(F)cc3)n2)cc1OC. The first-order valence-electron chi connectivity index (χ1n) is 8.55. The van der Waals surface area contributed by atoms with Gasteiger partial charge in [0.25, 0.3) is 0 Å². The summed E-state index contributed by atoms with van der Waals surface area (Å²) in [5.74, 6) is 0.889. The van der Waals surface area contributed by atoms with Crippen molar-refractivity contribution in [1.29, 1.82) is 0 Å². The molecule has 0 fully saturated rings. The number of tetrazole rings is 1. The molecule has 146 valence electrons. The number of amides is 1. The van der Waals surface area contributed by atoms with Gasteiger partial charge < -0.3 is 14.8 Å². The Labute approximate surface area is 161 Å². The fourth-order valence-corrected chi connectivity index (χ4v) is 2.65. The van der Waals surface area contributed by atoms with Gasteiger partial charge >= 0.3 is 0 Å². The second kappa shape index (κ2) is 8.47. The maximum absolute atomic E-state index is 13.0. The molecule has 28 heavy (non-hydrogen) atoms. The Morgan fingerprint density at radius 2 is 1.86 bits per heavy atom. The number of hydrogen-bond acceptors (Lipinski definition) is 6. The van der Waals surface area contributed by atoms with E-state index in [-0.39, 0.29) is 24.3 Å². The maximum Gasteiger partial charge on any atom is 0.244 e. The van der Waals surface area contributed by atoms with E-state index in [0.29, 0.717) is 22.9 Å². The molecule has 0 saturated heterocycles. The van der Waals surface area contributed by atoms with Gasteiger partial charge in [0.05, 0.1) is 20.3 Å². The number of nitrogens with zero attached hydrogens (tertiary/aromatic N) is 4. The molecule has 0 bridgehead atoms. The predicted octanol–water partition coefficient (Wildman–Crippen LogP) is 2.37. The van der Waals surface area contributed by atoms with Gasteiger partial charge in [-0.15, -0.1) is 10.2 Å². The van der Waals surface area contributed by atoms with Crippen LogP contribution in [0.4, 0.5) is 4.39 Å². The zero-order chi connectivity index (χ0) is 20.1. The van der Waals surface area contributed by atoms with Crippen LogP contribution in [0.2, 0.25) is 0 Å². The molecule has 2 aromatic carbocycles. The highest BCUT2D eigenvalue weighted by Gasteiger charge is 2.14. The van der Waals surface area contributed by atoms with E-state index in [9.17, 15) is 9.18 Å². The van der Waals surface area contributed by atoms with Crippen molar-refractivity contribution >= 4 is 5.91 Å². The van der Waals surface area contributed by atoms with Crippen molar-refractivity contribution < 1.29 is 18.7 Å². The summed E-state index contributed by atoms with van der Waals surface area (Å²) in [5, 5.41) is 14.9. The summed E-state index contributed by atoms with van der Waals surface area (Å²) in [6.45, 7) is 1.72. The highest BCUT2D eigenvalue weighted by atomic mass is 19.1. The van der Waals surface area contributed by atoms with E-state index in [2.05, 4.69) is 20.7 Å². The fourth-order valence-electron chi connectivity index (χ4n) is 2.65. The van der Waals surface area contributed by atoms with Crippen LogP contribution in [-0.2, 0) is 11.3 Å². The Hall–Kier alpha value is -3.49. The molecule has 0 aliphatic carbocycles. The highest BCUT2D eigenvalue weighted by Crippen LogP contribution is 2.30. The molecule has 3 aromatic rings. The van der Waals surface area contributed by atoms with Crippen LogP contribution < -0.4 is 14.8 Å². The third kappa shape index (κ3) is 4.43. The van der Waals surface area contributed by atoms with Crippen LogP contribution >= 0.6 is 0 Å². The highest BCUT2D eigenvalue weighted by molar-refractivity contribution is 5.76. The number of carbonyl (C=O) groups excluding carboxylic acids is 1. The number of aromatic nitrogens is 4. The summed E-state index contributed by atoms with van der Waals surface area (Å²) >= 11 is 0. The Morgan fingerprint density at radius 3 is 2.54 bits per heavy atom. The Kier molecular flexibility index (Phi) is 5.83. The summed E-state index contributed by atoms with van der Waals surface area (Å²) < 4.78 is 23.5. The molecule has 0 radical (unpaired) electrons. The number of benzene rings is 2. The lowest BCUT2D eigenvalue weighted by molar-refractivity contribution is -0.122. The summed E-state index contributed by atoms with van der Waals surface area (Å²) in [7, 11) is 3.09. The topological polar surface area (TPSA) is 91.2 Å². The van der Waals surface area contributed by atoms with Crippen LogP contribution in [0.1, 0.15) is 18.5 Å². The minimum Gasteiger partial charge on any atom is -0.493 e. The van der Waals surface area contributed by atoms with E-state index < -0.39 is 0 Å².